The molecule has 2 atom stereocenters. The second kappa shape index (κ2) is 7.34. The lowest BCUT2D eigenvalue weighted by atomic mass is 10.1. The SMILES string of the molecule is Cc1ccc(C)c(NC(=O)C(C)N2C(=O)C(C)Oc3ccc(C(=O)O)cc32)c1. The molecule has 0 saturated carbocycles. The maximum Gasteiger partial charge on any atom is 0.335 e. The maximum atomic E-state index is 12.9. The van der Waals surface area contributed by atoms with Crippen molar-refractivity contribution in [3.8, 4) is 5.75 Å². The van der Waals surface area contributed by atoms with Crippen molar-refractivity contribution in [1.82, 2.24) is 0 Å². The molecule has 2 aromatic rings. The van der Waals surface area contributed by atoms with Crippen LogP contribution in [0.5, 0.6) is 5.75 Å². The normalized spacial score (nSPS) is 16.8. The molecule has 0 aromatic heterocycles. The van der Waals surface area contributed by atoms with Crippen molar-refractivity contribution in [2.24, 2.45) is 0 Å². The van der Waals surface area contributed by atoms with Gasteiger partial charge < -0.3 is 15.2 Å². The fourth-order valence-electron chi connectivity index (χ4n) is 3.12. The van der Waals surface area contributed by atoms with Gasteiger partial charge in [-0.1, -0.05) is 12.1 Å². The number of benzene rings is 2. The first-order valence-corrected chi connectivity index (χ1v) is 8.94. The van der Waals surface area contributed by atoms with E-state index in [1.807, 2.05) is 32.0 Å². The average Bonchev–Trinajstić information content (AvgIpc) is 2.64. The molecule has 1 aliphatic heterocycles. The van der Waals surface area contributed by atoms with Gasteiger partial charge in [0.05, 0.1) is 11.3 Å². The molecule has 7 nitrogen and oxygen atoms in total. The van der Waals surface area contributed by atoms with E-state index in [0.29, 0.717) is 11.4 Å². The van der Waals surface area contributed by atoms with Crippen LogP contribution in [0, 0.1) is 13.8 Å². The highest BCUT2D eigenvalue weighted by Gasteiger charge is 2.37. The van der Waals surface area contributed by atoms with Crippen LogP contribution in [0.25, 0.3) is 0 Å². The molecule has 0 saturated heterocycles. The summed E-state index contributed by atoms with van der Waals surface area (Å²) < 4.78 is 5.58. The van der Waals surface area contributed by atoms with Crippen LogP contribution < -0.4 is 15.0 Å². The molecule has 0 spiro atoms. The third kappa shape index (κ3) is 3.55. The van der Waals surface area contributed by atoms with E-state index in [4.69, 9.17) is 4.74 Å². The molecule has 1 heterocycles. The largest absolute Gasteiger partial charge is 0.479 e. The van der Waals surface area contributed by atoms with Crippen molar-refractivity contribution in [3.05, 3.63) is 53.1 Å². The third-order valence-corrected chi connectivity index (χ3v) is 4.77. The first-order chi connectivity index (χ1) is 13.2. The van der Waals surface area contributed by atoms with Gasteiger partial charge in [0.1, 0.15) is 11.8 Å². The zero-order valence-corrected chi connectivity index (χ0v) is 16.1. The number of aryl methyl sites for hydroxylation is 2. The average molecular weight is 382 g/mol. The van der Waals surface area contributed by atoms with E-state index in [2.05, 4.69) is 5.32 Å². The summed E-state index contributed by atoms with van der Waals surface area (Å²) in [6.07, 6.45) is -0.779. The number of carbonyl (C=O) groups is 3. The molecule has 0 aliphatic carbocycles. The smallest absolute Gasteiger partial charge is 0.335 e. The van der Waals surface area contributed by atoms with Crippen molar-refractivity contribution < 1.29 is 24.2 Å². The highest BCUT2D eigenvalue weighted by Crippen LogP contribution is 2.36. The summed E-state index contributed by atoms with van der Waals surface area (Å²) in [5.74, 6) is -1.54. The summed E-state index contributed by atoms with van der Waals surface area (Å²) in [4.78, 5) is 38.3. The van der Waals surface area contributed by atoms with Crippen molar-refractivity contribution in [3.63, 3.8) is 0 Å². The number of carboxylic acids is 1. The van der Waals surface area contributed by atoms with Crippen LogP contribution in [0.4, 0.5) is 11.4 Å². The molecule has 2 unspecified atom stereocenters. The summed E-state index contributed by atoms with van der Waals surface area (Å²) in [5, 5.41) is 12.1. The van der Waals surface area contributed by atoms with Crippen LogP contribution in [0.15, 0.2) is 36.4 Å². The first-order valence-electron chi connectivity index (χ1n) is 8.94. The number of nitrogens with one attached hydrogen (secondary N) is 1. The van der Waals surface area contributed by atoms with Crippen molar-refractivity contribution in [1.29, 1.82) is 0 Å². The van der Waals surface area contributed by atoms with E-state index in [0.717, 1.165) is 11.1 Å². The van der Waals surface area contributed by atoms with Gasteiger partial charge in [0.25, 0.3) is 5.91 Å². The lowest BCUT2D eigenvalue weighted by Crippen LogP contribution is -2.52. The van der Waals surface area contributed by atoms with Gasteiger partial charge in [-0.25, -0.2) is 4.79 Å². The topological polar surface area (TPSA) is 95.9 Å². The number of hydrogen-bond donors (Lipinski definition) is 2. The number of carboxylic acid groups (broad SMARTS) is 1. The number of amides is 2. The van der Waals surface area contributed by atoms with E-state index < -0.39 is 24.0 Å². The highest BCUT2D eigenvalue weighted by atomic mass is 16.5. The fraction of sp³-hybridized carbons (Fsp3) is 0.286. The van der Waals surface area contributed by atoms with Gasteiger partial charge in [0, 0.05) is 5.69 Å². The second-order valence-electron chi connectivity index (χ2n) is 6.94. The number of rotatable bonds is 4. The number of ether oxygens (including phenoxy) is 1. The van der Waals surface area contributed by atoms with Gasteiger partial charge in [0.15, 0.2) is 6.10 Å². The van der Waals surface area contributed by atoms with Gasteiger partial charge in [-0.3, -0.25) is 14.5 Å². The number of nitrogens with zero attached hydrogens (tertiary/aromatic N) is 1. The van der Waals surface area contributed by atoms with E-state index >= 15 is 0 Å². The minimum Gasteiger partial charge on any atom is -0.479 e. The Labute approximate surface area is 162 Å². The third-order valence-electron chi connectivity index (χ3n) is 4.77. The molecule has 2 N–H and O–H groups in total. The van der Waals surface area contributed by atoms with Crippen LogP contribution in [-0.4, -0.2) is 35.0 Å². The van der Waals surface area contributed by atoms with E-state index in [-0.39, 0.29) is 17.2 Å². The van der Waals surface area contributed by atoms with Crippen molar-refractivity contribution in [2.75, 3.05) is 10.2 Å². The van der Waals surface area contributed by atoms with Crippen LogP contribution >= 0.6 is 0 Å². The molecule has 0 bridgehead atoms. The lowest BCUT2D eigenvalue weighted by molar-refractivity contribution is -0.128. The van der Waals surface area contributed by atoms with Crippen LogP contribution in [-0.2, 0) is 9.59 Å². The predicted molar refractivity (Wildman–Crippen MR) is 105 cm³/mol. The minimum atomic E-state index is -1.12. The van der Waals surface area contributed by atoms with E-state index in [1.165, 1.54) is 23.1 Å². The summed E-state index contributed by atoms with van der Waals surface area (Å²) >= 11 is 0. The molecule has 1 aliphatic rings. The molecule has 28 heavy (non-hydrogen) atoms. The number of fused-ring (bicyclic) bond motifs is 1. The Morgan fingerprint density at radius 3 is 2.57 bits per heavy atom. The number of hydrogen-bond acceptors (Lipinski definition) is 4. The van der Waals surface area contributed by atoms with Gasteiger partial charge in [-0.2, -0.15) is 0 Å². The number of anilines is 2. The molecule has 3 rings (SSSR count). The Bertz CT molecular complexity index is 969. The second-order valence-corrected chi connectivity index (χ2v) is 6.94. The molecule has 0 fully saturated rings. The van der Waals surface area contributed by atoms with E-state index in [1.54, 1.807) is 13.8 Å². The Balaban J connectivity index is 1.95. The Morgan fingerprint density at radius 2 is 1.89 bits per heavy atom. The van der Waals surface area contributed by atoms with Crippen LogP contribution in [0.3, 0.4) is 0 Å². The van der Waals surface area contributed by atoms with Crippen molar-refractivity contribution >= 4 is 29.2 Å². The quantitative estimate of drug-likeness (QED) is 0.847. The Morgan fingerprint density at radius 1 is 1.18 bits per heavy atom. The zero-order chi connectivity index (χ0) is 20.6. The van der Waals surface area contributed by atoms with Crippen molar-refractivity contribution in [2.45, 2.75) is 39.8 Å². The van der Waals surface area contributed by atoms with Crippen LogP contribution in [0.2, 0.25) is 0 Å². The number of carbonyl (C=O) groups excluding carboxylic acids is 2. The van der Waals surface area contributed by atoms with Gasteiger partial charge in [0.2, 0.25) is 5.91 Å². The fourth-order valence-corrected chi connectivity index (χ4v) is 3.12. The Hall–Kier alpha value is -3.35. The van der Waals surface area contributed by atoms with Gasteiger partial charge in [-0.05, 0) is 63.1 Å². The minimum absolute atomic E-state index is 0.0110. The monoisotopic (exact) mass is 382 g/mol. The zero-order valence-electron chi connectivity index (χ0n) is 16.1. The summed E-state index contributed by atoms with van der Waals surface area (Å²) in [5.41, 5.74) is 2.86. The molecule has 2 amide bonds. The lowest BCUT2D eigenvalue weighted by Gasteiger charge is -2.36. The molecular weight excluding hydrogens is 360 g/mol. The molecular formula is C21H22N2O5. The molecule has 146 valence electrons. The predicted octanol–water partition coefficient (Wildman–Crippen LogP) is 3.14. The van der Waals surface area contributed by atoms with Gasteiger partial charge in [-0.15, -0.1) is 0 Å². The summed E-state index contributed by atoms with van der Waals surface area (Å²) in [6, 6.07) is 9.12. The Kier molecular flexibility index (Phi) is 5.09. The summed E-state index contributed by atoms with van der Waals surface area (Å²) in [6.45, 7) is 7.01. The van der Waals surface area contributed by atoms with E-state index in [9.17, 15) is 19.5 Å². The molecule has 7 heteroatoms. The summed E-state index contributed by atoms with van der Waals surface area (Å²) in [7, 11) is 0. The maximum absolute atomic E-state index is 12.9. The number of aromatic carboxylic acids is 1. The van der Waals surface area contributed by atoms with Crippen LogP contribution in [0.1, 0.15) is 35.3 Å². The highest BCUT2D eigenvalue weighted by molar-refractivity contribution is 6.08. The standard InChI is InChI=1S/C21H22N2O5/c1-11-5-6-12(2)16(9-11)22-19(24)13(3)23-17-10-15(21(26)27)7-8-18(17)28-14(4)20(23)25/h5-10,13-14H,1-4H3,(H,22,24)(H,26,27). The first kappa shape index (κ1) is 19.4. The molecule has 2 aromatic carbocycles. The molecule has 0 radical (unpaired) electrons. The van der Waals surface area contributed by atoms with Gasteiger partial charge >= 0.3 is 5.97 Å².